The summed E-state index contributed by atoms with van der Waals surface area (Å²) in [5, 5.41) is 5.26. The number of rotatable bonds is 6. The maximum Gasteiger partial charge on any atom is 0.253 e. The first-order valence-electron chi connectivity index (χ1n) is 5.55. The Balaban J connectivity index is 2.74. The summed E-state index contributed by atoms with van der Waals surface area (Å²) in [5.41, 5.74) is 6.06. The van der Waals surface area contributed by atoms with Gasteiger partial charge in [-0.1, -0.05) is 12.1 Å². The van der Waals surface area contributed by atoms with Crippen molar-refractivity contribution in [3.05, 3.63) is 29.8 Å². The van der Waals surface area contributed by atoms with E-state index in [9.17, 15) is 9.59 Å². The summed E-state index contributed by atoms with van der Waals surface area (Å²) in [6.45, 7) is 0.719. The van der Waals surface area contributed by atoms with Crippen LogP contribution in [0.25, 0.3) is 0 Å². The Morgan fingerprint density at radius 1 is 1.33 bits per heavy atom. The van der Waals surface area contributed by atoms with Crippen molar-refractivity contribution in [1.82, 2.24) is 5.32 Å². The van der Waals surface area contributed by atoms with Gasteiger partial charge in [0, 0.05) is 13.7 Å². The van der Waals surface area contributed by atoms with Crippen LogP contribution in [0.4, 0.5) is 5.69 Å². The molecule has 0 spiro atoms. The van der Waals surface area contributed by atoms with Crippen LogP contribution in [-0.4, -0.2) is 38.6 Å². The quantitative estimate of drug-likeness (QED) is 0.618. The number of nitrogens with one attached hydrogen (secondary N) is 2. The molecule has 6 heteroatoms. The normalized spacial score (nSPS) is 9.89. The van der Waals surface area contributed by atoms with Crippen molar-refractivity contribution in [2.75, 3.05) is 32.1 Å². The number of hydrogen-bond donors (Lipinski definition) is 3. The number of amides is 2. The van der Waals surface area contributed by atoms with Gasteiger partial charge in [-0.2, -0.15) is 0 Å². The lowest BCUT2D eigenvalue weighted by Gasteiger charge is -2.10. The topological polar surface area (TPSA) is 93.5 Å². The molecule has 1 aromatic rings. The van der Waals surface area contributed by atoms with Crippen molar-refractivity contribution in [1.29, 1.82) is 0 Å². The highest BCUT2D eigenvalue weighted by molar-refractivity contribution is 6.04. The summed E-state index contributed by atoms with van der Waals surface area (Å²) in [4.78, 5) is 23.1. The summed E-state index contributed by atoms with van der Waals surface area (Å²) in [7, 11) is 1.56. The summed E-state index contributed by atoms with van der Waals surface area (Å²) in [5.74, 6) is -0.605. The molecular formula is C12H17N3O3. The number of nitrogens with two attached hydrogens (primary N) is 1. The van der Waals surface area contributed by atoms with Crippen LogP contribution in [0.3, 0.4) is 0 Å². The second-order valence-electron chi connectivity index (χ2n) is 3.55. The van der Waals surface area contributed by atoms with E-state index in [4.69, 9.17) is 10.5 Å². The molecule has 0 radical (unpaired) electrons. The van der Waals surface area contributed by atoms with Crippen LogP contribution in [0.15, 0.2) is 24.3 Å². The largest absolute Gasteiger partial charge is 0.383 e. The lowest BCUT2D eigenvalue weighted by Crippen LogP contribution is -2.29. The standard InChI is InChI=1S/C12H17N3O3/c1-18-7-6-14-12(17)9-4-2-3-5-10(9)15-11(16)8-13/h2-5H,6-8,13H2,1H3,(H,14,17)(H,15,16). The van der Waals surface area contributed by atoms with Crippen LogP contribution in [-0.2, 0) is 9.53 Å². The van der Waals surface area contributed by atoms with Gasteiger partial charge in [0.05, 0.1) is 24.4 Å². The highest BCUT2D eigenvalue weighted by atomic mass is 16.5. The number of hydrogen-bond acceptors (Lipinski definition) is 4. The van der Waals surface area contributed by atoms with Gasteiger partial charge in [0.1, 0.15) is 0 Å². The van der Waals surface area contributed by atoms with E-state index < -0.39 is 0 Å². The smallest absolute Gasteiger partial charge is 0.253 e. The molecule has 0 aliphatic carbocycles. The number of carbonyl (C=O) groups excluding carboxylic acids is 2. The van der Waals surface area contributed by atoms with Gasteiger partial charge in [0.25, 0.3) is 5.91 Å². The molecule has 0 atom stereocenters. The maximum absolute atomic E-state index is 11.9. The predicted molar refractivity (Wildman–Crippen MR) is 68.3 cm³/mol. The van der Waals surface area contributed by atoms with Crippen molar-refractivity contribution < 1.29 is 14.3 Å². The summed E-state index contributed by atoms with van der Waals surface area (Å²) < 4.78 is 4.84. The maximum atomic E-state index is 11.9. The molecule has 98 valence electrons. The van der Waals surface area contributed by atoms with Crippen molar-refractivity contribution in [2.45, 2.75) is 0 Å². The number of methoxy groups -OCH3 is 1. The van der Waals surface area contributed by atoms with Gasteiger partial charge in [-0.15, -0.1) is 0 Å². The van der Waals surface area contributed by atoms with Crippen LogP contribution in [0.1, 0.15) is 10.4 Å². The molecule has 18 heavy (non-hydrogen) atoms. The molecule has 0 aliphatic rings. The molecule has 0 aliphatic heterocycles. The van der Waals surface area contributed by atoms with Gasteiger partial charge in [0.15, 0.2) is 0 Å². The summed E-state index contributed by atoms with van der Waals surface area (Å²) in [6.07, 6.45) is 0. The zero-order valence-electron chi connectivity index (χ0n) is 10.2. The van der Waals surface area contributed by atoms with Crippen LogP contribution < -0.4 is 16.4 Å². The van der Waals surface area contributed by atoms with E-state index in [-0.39, 0.29) is 18.4 Å². The number of benzene rings is 1. The second-order valence-corrected chi connectivity index (χ2v) is 3.55. The number of ether oxygens (including phenoxy) is 1. The van der Waals surface area contributed by atoms with Gasteiger partial charge >= 0.3 is 0 Å². The van der Waals surface area contributed by atoms with Gasteiger partial charge in [-0.25, -0.2) is 0 Å². The van der Waals surface area contributed by atoms with Gasteiger partial charge in [-0.05, 0) is 12.1 Å². The zero-order chi connectivity index (χ0) is 13.4. The number of carbonyl (C=O) groups is 2. The fourth-order valence-electron chi connectivity index (χ4n) is 1.35. The number of anilines is 1. The van der Waals surface area contributed by atoms with Crippen molar-refractivity contribution >= 4 is 17.5 Å². The lowest BCUT2D eigenvalue weighted by molar-refractivity contribution is -0.114. The SMILES string of the molecule is COCCNC(=O)c1ccccc1NC(=O)CN. The van der Waals surface area contributed by atoms with Crippen LogP contribution in [0.5, 0.6) is 0 Å². The molecule has 0 saturated carbocycles. The minimum atomic E-state index is -0.341. The average molecular weight is 251 g/mol. The highest BCUT2D eigenvalue weighted by Gasteiger charge is 2.11. The minimum absolute atomic E-state index is 0.125. The molecule has 1 aromatic carbocycles. The molecule has 0 saturated heterocycles. The van der Waals surface area contributed by atoms with Crippen molar-refractivity contribution in [2.24, 2.45) is 5.73 Å². The average Bonchev–Trinajstić information content (AvgIpc) is 2.39. The van der Waals surface area contributed by atoms with Crippen LogP contribution in [0.2, 0.25) is 0 Å². The Morgan fingerprint density at radius 3 is 2.72 bits per heavy atom. The summed E-state index contributed by atoms with van der Waals surface area (Å²) in [6, 6.07) is 6.74. The first kappa shape index (κ1) is 14.1. The number of para-hydroxylation sites is 1. The lowest BCUT2D eigenvalue weighted by atomic mass is 10.1. The van der Waals surface area contributed by atoms with Gasteiger partial charge in [-0.3, -0.25) is 9.59 Å². The van der Waals surface area contributed by atoms with E-state index in [1.54, 1.807) is 31.4 Å². The molecule has 0 bridgehead atoms. The first-order chi connectivity index (χ1) is 8.69. The Hall–Kier alpha value is -1.92. The first-order valence-corrected chi connectivity index (χ1v) is 5.55. The molecule has 0 heterocycles. The fourth-order valence-corrected chi connectivity index (χ4v) is 1.35. The predicted octanol–water partition coefficient (Wildman–Crippen LogP) is -0.0400. The van der Waals surface area contributed by atoms with E-state index in [2.05, 4.69) is 10.6 Å². The third kappa shape index (κ3) is 4.15. The third-order valence-corrected chi connectivity index (χ3v) is 2.22. The van der Waals surface area contributed by atoms with Crippen LogP contribution in [0, 0.1) is 0 Å². The Morgan fingerprint density at radius 2 is 2.06 bits per heavy atom. The Labute approximate surface area is 105 Å². The zero-order valence-corrected chi connectivity index (χ0v) is 10.2. The monoisotopic (exact) mass is 251 g/mol. The Kier molecular flexibility index (Phi) is 5.83. The van der Waals surface area contributed by atoms with Crippen LogP contribution >= 0.6 is 0 Å². The van der Waals surface area contributed by atoms with E-state index >= 15 is 0 Å². The van der Waals surface area contributed by atoms with Gasteiger partial charge in [0.2, 0.25) is 5.91 Å². The molecule has 0 aromatic heterocycles. The summed E-state index contributed by atoms with van der Waals surface area (Å²) >= 11 is 0. The molecule has 4 N–H and O–H groups in total. The van der Waals surface area contributed by atoms with Crippen molar-refractivity contribution in [3.8, 4) is 0 Å². The van der Waals surface area contributed by atoms with E-state index in [0.29, 0.717) is 24.4 Å². The second kappa shape index (κ2) is 7.41. The minimum Gasteiger partial charge on any atom is -0.383 e. The third-order valence-electron chi connectivity index (χ3n) is 2.22. The van der Waals surface area contributed by atoms with Crippen molar-refractivity contribution in [3.63, 3.8) is 0 Å². The Bertz CT molecular complexity index is 421. The fraction of sp³-hybridized carbons (Fsp3) is 0.333. The molecule has 6 nitrogen and oxygen atoms in total. The highest BCUT2D eigenvalue weighted by Crippen LogP contribution is 2.14. The molecule has 2 amide bonds. The molecular weight excluding hydrogens is 234 g/mol. The van der Waals surface area contributed by atoms with E-state index in [0.717, 1.165) is 0 Å². The molecule has 0 unspecified atom stereocenters. The molecule has 0 fully saturated rings. The van der Waals surface area contributed by atoms with Gasteiger partial charge < -0.3 is 21.1 Å². The molecule has 1 rings (SSSR count). The van der Waals surface area contributed by atoms with E-state index in [1.165, 1.54) is 0 Å². The van der Waals surface area contributed by atoms with E-state index in [1.807, 2.05) is 0 Å².